The van der Waals surface area contributed by atoms with E-state index in [4.69, 9.17) is 0 Å². The summed E-state index contributed by atoms with van der Waals surface area (Å²) >= 11 is 0. The second-order valence-corrected chi connectivity index (χ2v) is 20.7. The van der Waals surface area contributed by atoms with Crippen LogP contribution < -0.4 is 9.80 Å². The summed E-state index contributed by atoms with van der Waals surface area (Å²) < 4.78 is 0. The van der Waals surface area contributed by atoms with Gasteiger partial charge in [-0.1, -0.05) is 144 Å². The van der Waals surface area contributed by atoms with Crippen molar-refractivity contribution in [3.05, 3.63) is 184 Å². The first kappa shape index (κ1) is 39.0. The molecule has 5 aliphatic rings. The minimum absolute atomic E-state index is 0.0444. The van der Waals surface area contributed by atoms with E-state index in [0.29, 0.717) is 12.0 Å². The predicted molar refractivity (Wildman–Crippen MR) is 264 cm³/mol. The van der Waals surface area contributed by atoms with Gasteiger partial charge in [-0.05, 0) is 167 Å². The molecule has 0 amide bonds. The highest BCUT2D eigenvalue weighted by atomic mass is 15.2. The largest absolute Gasteiger partial charge is 0.342 e. The second-order valence-electron chi connectivity index (χ2n) is 20.7. The van der Waals surface area contributed by atoms with Crippen molar-refractivity contribution in [1.82, 2.24) is 0 Å². The molecule has 6 aromatic rings. The van der Waals surface area contributed by atoms with Gasteiger partial charge in [0.25, 0.3) is 0 Å². The number of para-hydroxylation sites is 1. The van der Waals surface area contributed by atoms with Crippen molar-refractivity contribution in [2.45, 2.75) is 110 Å². The SMILES string of the molecule is CC1CC=CC2=C1N(c1ccc(-c3ccc4c(c3)C(C)(C)c3cc(/C=C/c5ccc6c(c5)C(C)(C)c5cc(N7c8ccccc8CCC7(C)C)ccc5-6)ccc3-4)cc1)C(C)CC2. The van der Waals surface area contributed by atoms with Gasteiger partial charge in [0.1, 0.15) is 0 Å². The predicted octanol–water partition coefficient (Wildman–Crippen LogP) is 15.8. The van der Waals surface area contributed by atoms with E-state index in [1.165, 1.54) is 113 Å². The highest BCUT2D eigenvalue weighted by Gasteiger charge is 2.39. The summed E-state index contributed by atoms with van der Waals surface area (Å²) in [5.41, 5.74) is 24.4. The summed E-state index contributed by atoms with van der Waals surface area (Å²) in [4.78, 5) is 5.21. The zero-order chi connectivity index (χ0) is 42.7. The number of anilines is 3. The van der Waals surface area contributed by atoms with Crippen LogP contribution in [-0.4, -0.2) is 11.6 Å². The van der Waals surface area contributed by atoms with Gasteiger partial charge in [0.2, 0.25) is 0 Å². The van der Waals surface area contributed by atoms with Crippen LogP contribution in [0.5, 0.6) is 0 Å². The van der Waals surface area contributed by atoms with Crippen LogP contribution in [0.25, 0.3) is 45.5 Å². The molecule has 2 heteroatoms. The third kappa shape index (κ3) is 6.04. The highest BCUT2D eigenvalue weighted by Crippen LogP contribution is 2.53. The Morgan fingerprint density at radius 1 is 0.565 bits per heavy atom. The number of fused-ring (bicyclic) bond motifs is 7. The van der Waals surface area contributed by atoms with E-state index >= 15 is 0 Å². The Bertz CT molecular complexity index is 2890. The first-order valence-electron chi connectivity index (χ1n) is 23.2. The first-order chi connectivity index (χ1) is 29.8. The molecular weight excluding hydrogens is 749 g/mol. The van der Waals surface area contributed by atoms with Crippen LogP contribution in [-0.2, 0) is 17.3 Å². The van der Waals surface area contributed by atoms with E-state index < -0.39 is 0 Å². The van der Waals surface area contributed by atoms with Gasteiger partial charge < -0.3 is 9.80 Å². The van der Waals surface area contributed by atoms with Crippen LogP contribution >= 0.6 is 0 Å². The van der Waals surface area contributed by atoms with Crippen molar-refractivity contribution < 1.29 is 0 Å². The van der Waals surface area contributed by atoms with E-state index in [9.17, 15) is 0 Å². The summed E-state index contributed by atoms with van der Waals surface area (Å²) in [6, 6.07) is 47.4. The summed E-state index contributed by atoms with van der Waals surface area (Å²) in [6.45, 7) is 19.2. The zero-order valence-electron chi connectivity index (χ0n) is 37.9. The molecule has 0 N–H and O–H groups in total. The van der Waals surface area contributed by atoms with Gasteiger partial charge in [-0.2, -0.15) is 0 Å². The lowest BCUT2D eigenvalue weighted by molar-refractivity contribution is 0.447. The van der Waals surface area contributed by atoms with Crippen LogP contribution in [0.4, 0.5) is 17.1 Å². The molecule has 2 aliphatic heterocycles. The van der Waals surface area contributed by atoms with Gasteiger partial charge in [-0.25, -0.2) is 0 Å². The molecule has 2 nitrogen and oxygen atoms in total. The number of rotatable bonds is 5. The van der Waals surface area contributed by atoms with Crippen molar-refractivity contribution in [3.63, 3.8) is 0 Å². The average molecular weight is 809 g/mol. The molecule has 0 spiro atoms. The minimum atomic E-state index is -0.104. The molecule has 3 aliphatic carbocycles. The van der Waals surface area contributed by atoms with Crippen molar-refractivity contribution in [2.75, 3.05) is 9.80 Å². The molecule has 0 saturated heterocycles. The number of hydrogen-bond donors (Lipinski definition) is 0. The molecule has 2 unspecified atom stereocenters. The van der Waals surface area contributed by atoms with Gasteiger partial charge in [0.15, 0.2) is 0 Å². The van der Waals surface area contributed by atoms with Crippen LogP contribution in [0.1, 0.15) is 120 Å². The van der Waals surface area contributed by atoms with Gasteiger partial charge in [0, 0.05) is 51.1 Å². The number of aryl methyl sites for hydroxylation is 1. The molecule has 11 rings (SSSR count). The standard InChI is InChI=1S/C60H60N2/c1-38-12-11-14-44-21-16-39(2)61(57(38)44)46-25-22-42(23-26-46)45-24-30-50-48-28-19-40(34-52(48)59(5,6)54(50)36-45)17-18-41-20-29-49-51-31-27-47(37-55(51)60(7,8)53(49)35-41)62-56-15-10-9-13-43(56)32-33-58(62,3)4/h9-11,13-15,17-20,22-31,34-39H,12,16,21,32-33H2,1-8H3/b18-17+. The fourth-order valence-electron chi connectivity index (χ4n) is 12.0. The lowest BCUT2D eigenvalue weighted by atomic mass is 9.81. The van der Waals surface area contributed by atoms with Crippen LogP contribution in [0, 0.1) is 5.92 Å². The molecule has 0 bridgehead atoms. The maximum absolute atomic E-state index is 2.63. The molecule has 2 heterocycles. The maximum Gasteiger partial charge on any atom is 0.0448 e. The molecule has 2 atom stereocenters. The van der Waals surface area contributed by atoms with Crippen molar-refractivity contribution in [1.29, 1.82) is 0 Å². The van der Waals surface area contributed by atoms with E-state index in [-0.39, 0.29) is 16.4 Å². The summed E-state index contributed by atoms with van der Waals surface area (Å²) in [5, 5.41) is 0. The molecule has 6 aromatic carbocycles. The molecule has 0 aromatic heterocycles. The normalized spacial score (nSPS) is 21.0. The zero-order valence-corrected chi connectivity index (χ0v) is 37.9. The molecule has 62 heavy (non-hydrogen) atoms. The summed E-state index contributed by atoms with van der Waals surface area (Å²) in [7, 11) is 0. The quantitative estimate of drug-likeness (QED) is 0.160. The molecule has 0 saturated carbocycles. The van der Waals surface area contributed by atoms with Crippen LogP contribution in [0.3, 0.4) is 0 Å². The molecular formula is C60H60N2. The van der Waals surface area contributed by atoms with Gasteiger partial charge in [-0.15, -0.1) is 0 Å². The lowest BCUT2D eigenvalue weighted by Gasteiger charge is -2.45. The number of allylic oxidation sites excluding steroid dienone is 4. The Morgan fingerprint density at radius 2 is 1.13 bits per heavy atom. The molecule has 0 fully saturated rings. The Labute approximate surface area is 370 Å². The average Bonchev–Trinajstić information content (AvgIpc) is 3.63. The highest BCUT2D eigenvalue weighted by molar-refractivity contribution is 5.88. The van der Waals surface area contributed by atoms with E-state index in [1.807, 2.05) is 0 Å². The lowest BCUT2D eigenvalue weighted by Crippen LogP contribution is -2.44. The van der Waals surface area contributed by atoms with E-state index in [2.05, 4.69) is 211 Å². The minimum Gasteiger partial charge on any atom is -0.342 e. The summed E-state index contributed by atoms with van der Waals surface area (Å²) in [6.07, 6.45) is 15.1. The van der Waals surface area contributed by atoms with Gasteiger partial charge in [-0.3, -0.25) is 0 Å². The van der Waals surface area contributed by atoms with Crippen molar-refractivity contribution in [3.8, 4) is 33.4 Å². The van der Waals surface area contributed by atoms with Crippen molar-refractivity contribution in [2.24, 2.45) is 5.92 Å². The Kier molecular flexibility index (Phi) is 8.86. The Morgan fingerprint density at radius 3 is 1.81 bits per heavy atom. The third-order valence-electron chi connectivity index (χ3n) is 15.6. The fourth-order valence-corrected chi connectivity index (χ4v) is 12.0. The second kappa shape index (κ2) is 14.1. The molecule has 0 radical (unpaired) electrons. The Hall–Kier alpha value is -5.86. The Balaban J connectivity index is 0.842. The topological polar surface area (TPSA) is 6.48 Å². The van der Waals surface area contributed by atoms with Crippen LogP contribution in [0.15, 0.2) is 145 Å². The number of nitrogens with zero attached hydrogens (tertiary/aromatic N) is 2. The summed E-state index contributed by atoms with van der Waals surface area (Å²) in [5.74, 6) is 0.561. The third-order valence-corrected chi connectivity index (χ3v) is 15.6. The smallest absolute Gasteiger partial charge is 0.0448 e. The van der Waals surface area contributed by atoms with Gasteiger partial charge in [0.05, 0.1) is 0 Å². The maximum atomic E-state index is 2.63. The first-order valence-corrected chi connectivity index (χ1v) is 23.2. The molecule has 310 valence electrons. The fraction of sp³-hybridized carbons (Fsp3) is 0.300. The van der Waals surface area contributed by atoms with Crippen LogP contribution in [0.2, 0.25) is 0 Å². The van der Waals surface area contributed by atoms with E-state index in [0.717, 1.165) is 19.3 Å². The van der Waals surface area contributed by atoms with E-state index in [1.54, 1.807) is 0 Å². The monoisotopic (exact) mass is 808 g/mol. The van der Waals surface area contributed by atoms with Gasteiger partial charge >= 0.3 is 0 Å². The van der Waals surface area contributed by atoms with Crippen molar-refractivity contribution >= 4 is 29.2 Å². The number of hydrogen-bond acceptors (Lipinski definition) is 2. The number of benzene rings is 6.